The van der Waals surface area contributed by atoms with Gasteiger partial charge in [0.1, 0.15) is 0 Å². The highest BCUT2D eigenvalue weighted by atomic mass is 16.2. The monoisotopic (exact) mass is 453 g/mol. The lowest BCUT2D eigenvalue weighted by Gasteiger charge is -2.11. The Labute approximate surface area is 195 Å². The van der Waals surface area contributed by atoms with Gasteiger partial charge in [0.2, 0.25) is 0 Å². The highest BCUT2D eigenvalue weighted by Gasteiger charge is 2.17. The number of carbonyl (C=O) groups excluding carboxylic acids is 2. The topological polar surface area (TPSA) is 119 Å². The van der Waals surface area contributed by atoms with E-state index in [1.165, 1.54) is 6.20 Å². The van der Waals surface area contributed by atoms with Gasteiger partial charge in [-0.3, -0.25) is 14.3 Å². The molecule has 34 heavy (non-hydrogen) atoms. The number of anilines is 2. The minimum Gasteiger partial charge on any atom is -0.326 e. The molecule has 0 unspecified atom stereocenters. The summed E-state index contributed by atoms with van der Waals surface area (Å²) in [4.78, 5) is 25.8. The van der Waals surface area contributed by atoms with E-state index in [0.717, 1.165) is 22.0 Å². The molecule has 3 heterocycles. The van der Waals surface area contributed by atoms with Crippen molar-refractivity contribution in [3.05, 3.63) is 89.4 Å². The van der Waals surface area contributed by atoms with Crippen LogP contribution in [0.3, 0.4) is 0 Å². The van der Waals surface area contributed by atoms with Gasteiger partial charge in [-0.15, -0.1) is 0 Å². The number of nitrogens with one attached hydrogen (secondary N) is 2. The Bertz CT molecular complexity index is 1560. The van der Waals surface area contributed by atoms with Gasteiger partial charge < -0.3 is 16.4 Å². The van der Waals surface area contributed by atoms with Crippen molar-refractivity contribution >= 4 is 39.6 Å². The zero-order valence-corrected chi connectivity index (χ0v) is 18.7. The third-order valence-corrected chi connectivity index (χ3v) is 5.77. The maximum Gasteiger partial charge on any atom is 0.276 e. The molecular formula is C25H23N7O2. The summed E-state index contributed by atoms with van der Waals surface area (Å²) in [7, 11) is 1.81. The van der Waals surface area contributed by atoms with Gasteiger partial charge in [0, 0.05) is 36.6 Å². The van der Waals surface area contributed by atoms with E-state index in [4.69, 9.17) is 5.73 Å². The largest absolute Gasteiger partial charge is 0.326 e. The predicted molar refractivity (Wildman–Crippen MR) is 131 cm³/mol. The third kappa shape index (κ3) is 3.78. The van der Waals surface area contributed by atoms with Crippen LogP contribution in [0.15, 0.2) is 67.0 Å². The second kappa shape index (κ2) is 8.45. The minimum absolute atomic E-state index is 0.274. The van der Waals surface area contributed by atoms with Crippen LogP contribution in [0.1, 0.15) is 32.0 Å². The van der Waals surface area contributed by atoms with Crippen LogP contribution < -0.4 is 16.4 Å². The van der Waals surface area contributed by atoms with Gasteiger partial charge in [-0.2, -0.15) is 10.2 Å². The summed E-state index contributed by atoms with van der Waals surface area (Å²) in [5, 5.41) is 15.2. The van der Waals surface area contributed by atoms with Gasteiger partial charge >= 0.3 is 0 Å². The number of amides is 2. The standard InChI is InChI=1S/C25H23N7O2/c1-15-11-17(28-25(34)23-18-5-3-4-6-21(18)31(2)30-23)7-8-20(15)29-24(33)19-14-27-32-10-9-16(13-26)12-22(19)32/h3-12,14H,13,26H2,1-2H3,(H,28,34)(H,29,33). The first-order valence-corrected chi connectivity index (χ1v) is 10.8. The molecule has 0 radical (unpaired) electrons. The van der Waals surface area contributed by atoms with Crippen molar-refractivity contribution in [2.24, 2.45) is 12.8 Å². The van der Waals surface area contributed by atoms with Gasteiger partial charge in [0.05, 0.1) is 22.8 Å². The van der Waals surface area contributed by atoms with Crippen LogP contribution in [-0.4, -0.2) is 31.2 Å². The van der Waals surface area contributed by atoms with Crippen molar-refractivity contribution in [1.82, 2.24) is 19.4 Å². The molecule has 5 aromatic rings. The smallest absolute Gasteiger partial charge is 0.276 e. The number of pyridine rings is 1. The molecule has 9 heteroatoms. The van der Waals surface area contributed by atoms with Crippen molar-refractivity contribution < 1.29 is 9.59 Å². The molecule has 2 amide bonds. The number of fused-ring (bicyclic) bond motifs is 2. The normalized spacial score (nSPS) is 11.1. The predicted octanol–water partition coefficient (Wildman–Crippen LogP) is 3.49. The van der Waals surface area contributed by atoms with Crippen molar-refractivity contribution in [3.8, 4) is 0 Å². The van der Waals surface area contributed by atoms with Crippen LogP contribution in [0.5, 0.6) is 0 Å². The summed E-state index contributed by atoms with van der Waals surface area (Å²) in [5.41, 5.74) is 11.1. The first kappa shape index (κ1) is 21.4. The second-order valence-corrected chi connectivity index (χ2v) is 8.05. The lowest BCUT2D eigenvalue weighted by Crippen LogP contribution is -2.15. The Morgan fingerprint density at radius 3 is 2.62 bits per heavy atom. The lowest BCUT2D eigenvalue weighted by atomic mass is 10.1. The first-order valence-electron chi connectivity index (χ1n) is 10.8. The fourth-order valence-corrected chi connectivity index (χ4v) is 3.97. The molecule has 9 nitrogen and oxygen atoms in total. The van der Waals surface area contributed by atoms with Gasteiger partial charge in [-0.05, 0) is 54.4 Å². The molecule has 0 aliphatic rings. The average Bonchev–Trinajstić information content (AvgIpc) is 3.42. The van der Waals surface area contributed by atoms with Gasteiger partial charge in [-0.1, -0.05) is 18.2 Å². The number of nitrogens with two attached hydrogens (primary N) is 1. The number of hydrogen-bond donors (Lipinski definition) is 3. The first-order chi connectivity index (χ1) is 16.4. The summed E-state index contributed by atoms with van der Waals surface area (Å²) in [5.74, 6) is -0.570. The fraction of sp³-hybridized carbons (Fsp3) is 0.120. The van der Waals surface area contributed by atoms with Crippen LogP contribution in [-0.2, 0) is 13.6 Å². The van der Waals surface area contributed by atoms with Crippen molar-refractivity contribution in [1.29, 1.82) is 0 Å². The number of aryl methyl sites for hydroxylation is 2. The molecule has 170 valence electrons. The quantitative estimate of drug-likeness (QED) is 0.376. The van der Waals surface area contributed by atoms with Gasteiger partial charge in [-0.25, -0.2) is 4.52 Å². The van der Waals surface area contributed by atoms with Crippen molar-refractivity contribution in [3.63, 3.8) is 0 Å². The number of aromatic nitrogens is 4. The molecule has 0 aliphatic heterocycles. The van der Waals surface area contributed by atoms with E-state index >= 15 is 0 Å². The summed E-state index contributed by atoms with van der Waals surface area (Å²) in [6, 6.07) is 16.6. The van der Waals surface area contributed by atoms with Crippen LogP contribution in [0, 0.1) is 6.92 Å². The van der Waals surface area contributed by atoms with Gasteiger partial charge in [0.15, 0.2) is 5.69 Å². The van der Waals surface area contributed by atoms with E-state index in [0.29, 0.717) is 34.7 Å². The number of carbonyl (C=O) groups is 2. The number of rotatable bonds is 5. The Morgan fingerprint density at radius 2 is 1.82 bits per heavy atom. The summed E-state index contributed by atoms with van der Waals surface area (Å²) in [6.45, 7) is 2.24. The Morgan fingerprint density at radius 1 is 1.00 bits per heavy atom. The van der Waals surface area contributed by atoms with Crippen LogP contribution >= 0.6 is 0 Å². The molecule has 5 rings (SSSR count). The fourth-order valence-electron chi connectivity index (χ4n) is 3.97. The Hall–Kier alpha value is -4.50. The van der Waals surface area contributed by atoms with E-state index in [1.807, 2.05) is 50.4 Å². The maximum absolute atomic E-state index is 12.9. The van der Waals surface area contributed by atoms with E-state index in [9.17, 15) is 9.59 Å². The number of para-hydroxylation sites is 1. The van der Waals surface area contributed by atoms with E-state index < -0.39 is 0 Å². The minimum atomic E-state index is -0.296. The van der Waals surface area contributed by atoms with Crippen LogP contribution in [0.4, 0.5) is 11.4 Å². The Kier molecular flexibility index (Phi) is 5.31. The number of nitrogens with zero attached hydrogens (tertiary/aromatic N) is 4. The molecule has 0 bridgehead atoms. The molecule has 3 aromatic heterocycles. The third-order valence-electron chi connectivity index (χ3n) is 5.77. The molecule has 0 saturated carbocycles. The van der Waals surface area contributed by atoms with Crippen LogP contribution in [0.25, 0.3) is 16.4 Å². The zero-order chi connectivity index (χ0) is 23.8. The molecule has 0 saturated heterocycles. The van der Waals surface area contributed by atoms with E-state index in [-0.39, 0.29) is 11.8 Å². The lowest BCUT2D eigenvalue weighted by molar-refractivity contribution is 0.101. The number of benzene rings is 2. The molecule has 4 N–H and O–H groups in total. The van der Waals surface area contributed by atoms with Crippen molar-refractivity contribution in [2.45, 2.75) is 13.5 Å². The van der Waals surface area contributed by atoms with Crippen molar-refractivity contribution in [2.75, 3.05) is 10.6 Å². The molecule has 2 aromatic carbocycles. The molecule has 0 aliphatic carbocycles. The van der Waals surface area contributed by atoms with Crippen LogP contribution in [0.2, 0.25) is 0 Å². The highest BCUT2D eigenvalue weighted by molar-refractivity contribution is 6.12. The zero-order valence-electron chi connectivity index (χ0n) is 18.7. The maximum atomic E-state index is 12.9. The SMILES string of the molecule is Cc1cc(NC(=O)c2nn(C)c3ccccc23)ccc1NC(=O)c1cnn2ccc(CN)cc12. The second-order valence-electron chi connectivity index (χ2n) is 8.05. The summed E-state index contributed by atoms with van der Waals surface area (Å²) >= 11 is 0. The van der Waals surface area contributed by atoms with E-state index in [1.54, 1.807) is 33.6 Å². The molecule has 0 atom stereocenters. The summed E-state index contributed by atoms with van der Waals surface area (Å²) in [6.07, 6.45) is 3.31. The molecule has 0 fully saturated rings. The Balaban J connectivity index is 1.35. The van der Waals surface area contributed by atoms with E-state index in [2.05, 4.69) is 20.8 Å². The number of hydrogen-bond acceptors (Lipinski definition) is 5. The molecular weight excluding hydrogens is 430 g/mol. The molecule has 0 spiro atoms. The highest BCUT2D eigenvalue weighted by Crippen LogP contribution is 2.23. The van der Waals surface area contributed by atoms with Gasteiger partial charge in [0.25, 0.3) is 11.8 Å². The summed E-state index contributed by atoms with van der Waals surface area (Å²) < 4.78 is 3.33. The average molecular weight is 454 g/mol.